The number of aromatic nitrogens is 4. The Hall–Kier alpha value is -1.50. The third kappa shape index (κ3) is 4.88. The summed E-state index contributed by atoms with van der Waals surface area (Å²) in [5.41, 5.74) is 6.73. The summed E-state index contributed by atoms with van der Waals surface area (Å²) >= 11 is 11.8. The first kappa shape index (κ1) is 28.5. The SMILES string of the molecule is Cc1c(Cc2c(C)n(C)n(-c3ccccc3)c2=S)c(=S)n(-c2ccccc2)n1C.[Cl-].[Cl-].[Zn+2]. The molecule has 0 radical (unpaired) electrons. The van der Waals surface area contributed by atoms with Crippen LogP contribution in [0.1, 0.15) is 22.5 Å². The van der Waals surface area contributed by atoms with Gasteiger partial charge in [0, 0.05) is 43.0 Å². The number of halogens is 2. The summed E-state index contributed by atoms with van der Waals surface area (Å²) in [5, 5.41) is 0. The van der Waals surface area contributed by atoms with Gasteiger partial charge in [-0.3, -0.25) is 9.36 Å². The van der Waals surface area contributed by atoms with Gasteiger partial charge in [0.25, 0.3) is 0 Å². The number of benzene rings is 2. The van der Waals surface area contributed by atoms with Crippen molar-refractivity contribution in [1.82, 2.24) is 18.7 Å². The van der Waals surface area contributed by atoms with E-state index in [1.54, 1.807) is 0 Å². The van der Waals surface area contributed by atoms with E-state index in [2.05, 4.69) is 70.9 Å². The zero-order valence-corrected chi connectivity index (χ0v) is 24.7. The summed E-state index contributed by atoms with van der Waals surface area (Å²) in [6.07, 6.45) is 0.719. The van der Waals surface area contributed by atoms with Crippen molar-refractivity contribution in [1.29, 1.82) is 0 Å². The van der Waals surface area contributed by atoms with Crippen LogP contribution < -0.4 is 24.8 Å². The van der Waals surface area contributed by atoms with E-state index >= 15 is 0 Å². The van der Waals surface area contributed by atoms with Crippen molar-refractivity contribution in [2.75, 3.05) is 0 Å². The van der Waals surface area contributed by atoms with E-state index in [0.29, 0.717) is 0 Å². The molecule has 2 aromatic carbocycles. The molecule has 32 heavy (non-hydrogen) atoms. The molecule has 0 bridgehead atoms. The van der Waals surface area contributed by atoms with Crippen LogP contribution >= 0.6 is 24.4 Å². The van der Waals surface area contributed by atoms with Crippen LogP contribution in [0.15, 0.2) is 60.7 Å². The Kier molecular flexibility index (Phi) is 10.3. The third-order valence-electron chi connectivity index (χ3n) is 5.70. The average Bonchev–Trinajstić information content (AvgIpc) is 3.08. The second-order valence-corrected chi connectivity index (χ2v) is 8.03. The molecule has 0 aliphatic carbocycles. The topological polar surface area (TPSA) is 19.7 Å². The minimum atomic E-state index is 0. The van der Waals surface area contributed by atoms with Gasteiger partial charge in [0.05, 0.1) is 11.4 Å². The van der Waals surface area contributed by atoms with Crippen LogP contribution in [0.5, 0.6) is 0 Å². The minimum Gasteiger partial charge on any atom is -1.00 e. The van der Waals surface area contributed by atoms with Crippen molar-refractivity contribution >= 4 is 24.4 Å². The van der Waals surface area contributed by atoms with Gasteiger partial charge in [0.1, 0.15) is 9.28 Å². The van der Waals surface area contributed by atoms with Gasteiger partial charge < -0.3 is 24.8 Å². The molecule has 4 nitrogen and oxygen atoms in total. The molecule has 164 valence electrons. The van der Waals surface area contributed by atoms with Crippen LogP contribution in [0, 0.1) is 23.1 Å². The molecular formula is C23H24Cl2N4S2Zn. The van der Waals surface area contributed by atoms with Crippen LogP contribution in [0.4, 0.5) is 0 Å². The standard InChI is InChI=1S/C23H24N4S2.2ClH.Zn/c1-16-20(22(28)26(24(16)3)18-11-7-5-8-12-18)15-21-17(2)25(4)27(23(21)29)19-13-9-6-10-14-19;;;/h5-14H,15H2,1-4H3;2*1H;/q;;;+2/p-2. The number of rotatable bonds is 4. The van der Waals surface area contributed by atoms with Gasteiger partial charge in [0.15, 0.2) is 0 Å². The molecule has 0 amide bonds. The van der Waals surface area contributed by atoms with Crippen molar-refractivity contribution in [2.24, 2.45) is 14.1 Å². The first-order valence-electron chi connectivity index (χ1n) is 9.57. The predicted molar refractivity (Wildman–Crippen MR) is 123 cm³/mol. The van der Waals surface area contributed by atoms with E-state index in [9.17, 15) is 0 Å². The second-order valence-electron chi connectivity index (χ2n) is 7.26. The maximum absolute atomic E-state index is 5.90. The van der Waals surface area contributed by atoms with Gasteiger partial charge >= 0.3 is 19.5 Å². The van der Waals surface area contributed by atoms with Gasteiger partial charge in [-0.15, -0.1) is 0 Å². The fraction of sp³-hybridized carbons (Fsp3) is 0.217. The zero-order valence-electron chi connectivity index (χ0n) is 18.5. The largest absolute Gasteiger partial charge is 2.00 e. The van der Waals surface area contributed by atoms with E-state index in [1.807, 2.05) is 36.4 Å². The maximum Gasteiger partial charge on any atom is 2.00 e. The van der Waals surface area contributed by atoms with Gasteiger partial charge in [-0.2, -0.15) is 0 Å². The smallest absolute Gasteiger partial charge is 1.00 e. The molecule has 0 saturated carbocycles. The molecule has 9 heteroatoms. The molecule has 0 N–H and O–H groups in total. The first-order chi connectivity index (χ1) is 13.9. The number of hydrogen-bond acceptors (Lipinski definition) is 2. The van der Waals surface area contributed by atoms with Gasteiger partial charge in [-0.1, -0.05) is 60.8 Å². The van der Waals surface area contributed by atoms with Crippen LogP contribution in [0.2, 0.25) is 0 Å². The predicted octanol–water partition coefficient (Wildman–Crippen LogP) is -0.383. The Morgan fingerprint density at radius 2 is 0.938 bits per heavy atom. The maximum atomic E-state index is 5.90. The van der Waals surface area contributed by atoms with Gasteiger partial charge in [-0.05, 0) is 38.1 Å². The van der Waals surface area contributed by atoms with E-state index < -0.39 is 0 Å². The molecular weight excluding hydrogens is 533 g/mol. The van der Waals surface area contributed by atoms with Crippen LogP contribution in [-0.4, -0.2) is 18.7 Å². The molecule has 2 heterocycles. The van der Waals surface area contributed by atoms with Crippen molar-refractivity contribution in [2.45, 2.75) is 20.3 Å². The molecule has 2 aromatic heterocycles. The third-order valence-corrected chi connectivity index (χ3v) is 6.54. The Bertz CT molecular complexity index is 1200. The minimum absolute atomic E-state index is 0. The quantitative estimate of drug-likeness (QED) is 0.252. The van der Waals surface area contributed by atoms with Crippen molar-refractivity contribution in [3.63, 3.8) is 0 Å². The number of nitrogens with zero attached hydrogens (tertiary/aromatic N) is 4. The summed E-state index contributed by atoms with van der Waals surface area (Å²) in [6, 6.07) is 20.5. The second kappa shape index (κ2) is 11.6. The van der Waals surface area contributed by atoms with Gasteiger partial charge in [-0.25, -0.2) is 9.36 Å². The molecule has 0 unspecified atom stereocenters. The summed E-state index contributed by atoms with van der Waals surface area (Å²) < 4.78 is 10.1. The Balaban J connectivity index is 0.00000171. The number of para-hydroxylation sites is 2. The first-order valence-corrected chi connectivity index (χ1v) is 10.4. The summed E-state index contributed by atoms with van der Waals surface area (Å²) in [7, 11) is 4.11. The number of hydrogen-bond donors (Lipinski definition) is 0. The van der Waals surface area contributed by atoms with Crippen LogP contribution in [0.3, 0.4) is 0 Å². The normalized spacial score (nSPS) is 10.1. The molecule has 0 fully saturated rings. The van der Waals surface area contributed by atoms with E-state index in [-0.39, 0.29) is 44.3 Å². The summed E-state index contributed by atoms with van der Waals surface area (Å²) in [4.78, 5) is 0. The Morgan fingerprint density at radius 3 is 1.25 bits per heavy atom. The Labute approximate surface area is 224 Å². The van der Waals surface area contributed by atoms with Crippen LogP contribution in [-0.2, 0) is 40.0 Å². The fourth-order valence-electron chi connectivity index (χ4n) is 3.83. The molecule has 0 atom stereocenters. The monoisotopic (exact) mass is 554 g/mol. The summed E-state index contributed by atoms with van der Waals surface area (Å²) in [5.74, 6) is 0. The van der Waals surface area contributed by atoms with E-state index in [1.165, 1.54) is 0 Å². The molecule has 0 aliphatic rings. The average molecular weight is 557 g/mol. The van der Waals surface area contributed by atoms with Crippen molar-refractivity contribution < 1.29 is 44.3 Å². The summed E-state index contributed by atoms with van der Waals surface area (Å²) in [6.45, 7) is 4.24. The molecule has 0 spiro atoms. The van der Waals surface area contributed by atoms with Crippen molar-refractivity contribution in [3.05, 3.63) is 92.5 Å². The molecule has 4 aromatic rings. The van der Waals surface area contributed by atoms with E-state index in [0.717, 1.165) is 49.6 Å². The zero-order chi connectivity index (χ0) is 20.7. The van der Waals surface area contributed by atoms with Crippen molar-refractivity contribution in [3.8, 4) is 11.4 Å². The molecule has 0 saturated heterocycles. The fourth-order valence-corrected chi connectivity index (χ4v) is 4.73. The van der Waals surface area contributed by atoms with E-state index in [4.69, 9.17) is 24.4 Å². The van der Waals surface area contributed by atoms with Crippen LogP contribution in [0.25, 0.3) is 11.4 Å². The Morgan fingerprint density at radius 1 is 0.625 bits per heavy atom. The van der Waals surface area contributed by atoms with Gasteiger partial charge in [0.2, 0.25) is 0 Å². The molecule has 0 aliphatic heterocycles. The molecule has 4 rings (SSSR count).